The van der Waals surface area contributed by atoms with Crippen LogP contribution in [0.25, 0.3) is 0 Å². The van der Waals surface area contributed by atoms with Crippen molar-refractivity contribution in [3.05, 3.63) is 0 Å². The highest BCUT2D eigenvalue weighted by molar-refractivity contribution is 5.84. The Bertz CT molecular complexity index is 275. The number of nitrogens with one attached hydrogen (secondary N) is 1. The summed E-state index contributed by atoms with van der Waals surface area (Å²) in [5, 5.41) is 11.5. The fraction of sp³-hybridized carbons (Fsp3) is 0.833. The predicted octanol–water partition coefficient (Wildman–Crippen LogP) is 1.61. The predicted molar refractivity (Wildman–Crippen MR) is 60.6 cm³/mol. The van der Waals surface area contributed by atoms with Crippen molar-refractivity contribution in [3.8, 4) is 6.07 Å². The minimum absolute atomic E-state index is 0.231. The highest BCUT2D eigenvalue weighted by Gasteiger charge is 2.26. The molecule has 0 bridgehead atoms. The first-order valence-corrected chi connectivity index (χ1v) is 5.87. The van der Waals surface area contributed by atoms with Gasteiger partial charge in [0.2, 0.25) is 5.91 Å². The summed E-state index contributed by atoms with van der Waals surface area (Å²) in [6.45, 7) is 4.25. The lowest BCUT2D eigenvalue weighted by Gasteiger charge is -2.16. The molecular weight excluding hydrogens is 204 g/mol. The second-order valence-corrected chi connectivity index (χ2v) is 4.77. The van der Waals surface area contributed by atoms with E-state index in [1.807, 2.05) is 6.07 Å². The number of carbonyl (C=O) groups excluding carboxylic acids is 1. The quantitative estimate of drug-likeness (QED) is 0.722. The van der Waals surface area contributed by atoms with E-state index in [2.05, 4.69) is 5.32 Å². The van der Waals surface area contributed by atoms with Crippen LogP contribution in [0.3, 0.4) is 0 Å². The van der Waals surface area contributed by atoms with Gasteiger partial charge in [-0.25, -0.2) is 0 Å². The molecule has 4 nitrogen and oxygen atoms in total. The van der Waals surface area contributed by atoms with Crippen LogP contribution in [0.5, 0.6) is 0 Å². The van der Waals surface area contributed by atoms with E-state index in [9.17, 15) is 4.79 Å². The van der Waals surface area contributed by atoms with Gasteiger partial charge >= 0.3 is 0 Å². The highest BCUT2D eigenvalue weighted by Crippen LogP contribution is 2.20. The summed E-state index contributed by atoms with van der Waals surface area (Å²) in [6.07, 6.45) is 5.15. The summed E-state index contributed by atoms with van der Waals surface area (Å²) >= 11 is 0. The molecule has 1 rings (SSSR count). The van der Waals surface area contributed by atoms with Gasteiger partial charge in [-0.05, 0) is 26.7 Å². The molecule has 0 heterocycles. The van der Waals surface area contributed by atoms with E-state index in [1.54, 1.807) is 13.8 Å². The molecule has 0 radical (unpaired) electrons. The average Bonchev–Trinajstić information content (AvgIpc) is 2.76. The van der Waals surface area contributed by atoms with Crippen molar-refractivity contribution in [2.45, 2.75) is 45.6 Å². The first-order valence-electron chi connectivity index (χ1n) is 5.87. The zero-order chi connectivity index (χ0) is 12.0. The molecule has 1 fully saturated rings. The molecule has 1 aliphatic carbocycles. The standard InChI is InChI=1S/C12H20N2O2/c1-12(2,9-13)11(15)14-7-8-16-10-5-3-4-6-10/h10H,3-8H2,1-2H3,(H,14,15). The van der Waals surface area contributed by atoms with Gasteiger partial charge in [-0.1, -0.05) is 12.8 Å². The molecule has 0 aromatic carbocycles. The number of amides is 1. The fourth-order valence-electron chi connectivity index (χ4n) is 1.72. The number of ether oxygens (including phenoxy) is 1. The summed E-state index contributed by atoms with van der Waals surface area (Å²) in [5.74, 6) is -0.231. The topological polar surface area (TPSA) is 62.1 Å². The van der Waals surface area contributed by atoms with Gasteiger partial charge in [0.1, 0.15) is 5.41 Å². The Morgan fingerprint density at radius 2 is 2.12 bits per heavy atom. The van der Waals surface area contributed by atoms with Gasteiger partial charge in [-0.2, -0.15) is 5.26 Å². The van der Waals surface area contributed by atoms with Gasteiger partial charge in [0.15, 0.2) is 0 Å². The Morgan fingerprint density at radius 3 is 2.69 bits per heavy atom. The van der Waals surface area contributed by atoms with Crippen LogP contribution in [0, 0.1) is 16.7 Å². The van der Waals surface area contributed by atoms with Crippen molar-refractivity contribution >= 4 is 5.91 Å². The molecule has 0 aromatic heterocycles. The van der Waals surface area contributed by atoms with Crippen LogP contribution in [-0.2, 0) is 9.53 Å². The van der Waals surface area contributed by atoms with E-state index in [4.69, 9.17) is 10.00 Å². The van der Waals surface area contributed by atoms with Gasteiger partial charge in [0.05, 0.1) is 18.8 Å². The number of carbonyl (C=O) groups is 1. The molecule has 4 heteroatoms. The summed E-state index contributed by atoms with van der Waals surface area (Å²) < 4.78 is 5.60. The molecule has 0 aromatic rings. The van der Waals surface area contributed by atoms with Crippen LogP contribution in [0.1, 0.15) is 39.5 Å². The first kappa shape index (κ1) is 13.0. The van der Waals surface area contributed by atoms with Crippen LogP contribution >= 0.6 is 0 Å². The van der Waals surface area contributed by atoms with Crippen molar-refractivity contribution in [1.82, 2.24) is 5.32 Å². The third kappa shape index (κ3) is 3.82. The minimum atomic E-state index is -0.951. The Labute approximate surface area is 97.0 Å². The highest BCUT2D eigenvalue weighted by atomic mass is 16.5. The van der Waals surface area contributed by atoms with Crippen LogP contribution in [-0.4, -0.2) is 25.2 Å². The zero-order valence-corrected chi connectivity index (χ0v) is 10.1. The lowest BCUT2D eigenvalue weighted by atomic mass is 9.95. The van der Waals surface area contributed by atoms with Crippen molar-refractivity contribution < 1.29 is 9.53 Å². The number of rotatable bonds is 5. The van der Waals surface area contributed by atoms with E-state index < -0.39 is 5.41 Å². The Hall–Kier alpha value is -1.08. The summed E-state index contributed by atoms with van der Waals surface area (Å²) in [6, 6.07) is 1.97. The van der Waals surface area contributed by atoms with Crippen molar-refractivity contribution in [1.29, 1.82) is 5.26 Å². The molecule has 1 saturated carbocycles. The van der Waals surface area contributed by atoms with Gasteiger partial charge in [-0.3, -0.25) is 4.79 Å². The molecule has 0 spiro atoms. The molecule has 1 N–H and O–H groups in total. The maximum atomic E-state index is 11.5. The summed E-state index contributed by atoms with van der Waals surface area (Å²) in [7, 11) is 0. The molecule has 0 unspecified atom stereocenters. The monoisotopic (exact) mass is 224 g/mol. The number of hydrogen-bond acceptors (Lipinski definition) is 3. The third-order valence-electron chi connectivity index (χ3n) is 2.89. The lowest BCUT2D eigenvalue weighted by molar-refractivity contribution is -0.127. The third-order valence-corrected chi connectivity index (χ3v) is 2.89. The second kappa shape index (κ2) is 5.86. The van der Waals surface area contributed by atoms with Crippen molar-refractivity contribution in [3.63, 3.8) is 0 Å². The largest absolute Gasteiger partial charge is 0.376 e. The van der Waals surface area contributed by atoms with Crippen LogP contribution in [0.2, 0.25) is 0 Å². The number of hydrogen-bond donors (Lipinski definition) is 1. The fourth-order valence-corrected chi connectivity index (χ4v) is 1.72. The number of nitrogens with zero attached hydrogens (tertiary/aromatic N) is 1. The van der Waals surface area contributed by atoms with E-state index >= 15 is 0 Å². The molecule has 16 heavy (non-hydrogen) atoms. The lowest BCUT2D eigenvalue weighted by Crippen LogP contribution is -2.38. The van der Waals surface area contributed by atoms with Crippen LogP contribution in [0.15, 0.2) is 0 Å². The molecule has 0 saturated heterocycles. The van der Waals surface area contributed by atoms with Gasteiger partial charge < -0.3 is 10.1 Å². The molecule has 1 aliphatic rings. The Balaban J connectivity index is 2.11. The maximum Gasteiger partial charge on any atom is 0.239 e. The van der Waals surface area contributed by atoms with Gasteiger partial charge in [0, 0.05) is 6.54 Å². The van der Waals surface area contributed by atoms with E-state index in [0.29, 0.717) is 19.3 Å². The van der Waals surface area contributed by atoms with E-state index in [-0.39, 0.29) is 5.91 Å². The maximum absolute atomic E-state index is 11.5. The van der Waals surface area contributed by atoms with Crippen molar-refractivity contribution in [2.75, 3.05) is 13.2 Å². The van der Waals surface area contributed by atoms with Crippen LogP contribution < -0.4 is 5.32 Å². The normalized spacial score (nSPS) is 17.1. The summed E-state index contributed by atoms with van der Waals surface area (Å²) in [4.78, 5) is 11.5. The molecule has 1 amide bonds. The molecule has 0 atom stereocenters. The molecule has 0 aliphatic heterocycles. The SMILES string of the molecule is CC(C)(C#N)C(=O)NCCOC1CCCC1. The minimum Gasteiger partial charge on any atom is -0.376 e. The Morgan fingerprint density at radius 1 is 1.50 bits per heavy atom. The first-order chi connectivity index (χ1) is 7.56. The van der Waals surface area contributed by atoms with Crippen molar-refractivity contribution in [2.24, 2.45) is 5.41 Å². The van der Waals surface area contributed by atoms with Gasteiger partial charge in [0.25, 0.3) is 0 Å². The average molecular weight is 224 g/mol. The molecular formula is C12H20N2O2. The van der Waals surface area contributed by atoms with E-state index in [1.165, 1.54) is 12.8 Å². The van der Waals surface area contributed by atoms with E-state index in [0.717, 1.165) is 12.8 Å². The Kier molecular flexibility index (Phi) is 4.75. The summed E-state index contributed by atoms with van der Waals surface area (Å²) in [5.41, 5.74) is -0.951. The van der Waals surface area contributed by atoms with Crippen LogP contribution in [0.4, 0.5) is 0 Å². The molecule has 90 valence electrons. The van der Waals surface area contributed by atoms with Gasteiger partial charge in [-0.15, -0.1) is 0 Å². The second-order valence-electron chi connectivity index (χ2n) is 4.77. The smallest absolute Gasteiger partial charge is 0.239 e. The number of nitriles is 1. The zero-order valence-electron chi connectivity index (χ0n) is 10.1.